The van der Waals surface area contributed by atoms with E-state index in [4.69, 9.17) is 27.9 Å². The minimum absolute atomic E-state index is 0.0501. The molecule has 2 aromatic heterocycles. The summed E-state index contributed by atoms with van der Waals surface area (Å²) in [6.07, 6.45) is 4.13. The SMILES string of the molecule is COc1cc(Nc2n[nH]c(C(CCCCCl)c3ccc(F)cc3)n2)ccc1-n1cnc(Cl)n1. The second-order valence-electron chi connectivity index (χ2n) is 7.30. The maximum absolute atomic E-state index is 13.4. The molecule has 0 aliphatic heterocycles. The fourth-order valence-electron chi connectivity index (χ4n) is 3.52. The van der Waals surface area contributed by atoms with Crippen LogP contribution in [-0.2, 0) is 0 Å². The van der Waals surface area contributed by atoms with Crippen LogP contribution in [-0.4, -0.2) is 42.9 Å². The Hall–Kier alpha value is -3.17. The molecule has 0 aliphatic rings. The van der Waals surface area contributed by atoms with Crippen LogP contribution in [0.3, 0.4) is 0 Å². The van der Waals surface area contributed by atoms with Gasteiger partial charge in [-0.15, -0.1) is 21.8 Å². The minimum Gasteiger partial charge on any atom is -0.494 e. The molecule has 8 nitrogen and oxygen atoms in total. The highest BCUT2D eigenvalue weighted by Crippen LogP contribution is 2.30. The van der Waals surface area contributed by atoms with Gasteiger partial charge >= 0.3 is 0 Å². The Bertz CT molecular complexity index is 1200. The molecule has 0 saturated carbocycles. The van der Waals surface area contributed by atoms with Crippen molar-refractivity contribution in [3.05, 3.63) is 71.3 Å². The Kier molecular flexibility index (Phi) is 7.41. The molecule has 1 unspecified atom stereocenters. The van der Waals surface area contributed by atoms with Crippen LogP contribution in [0.1, 0.15) is 36.6 Å². The number of rotatable bonds is 10. The number of methoxy groups -OCH3 is 1. The first kappa shape index (κ1) is 23.0. The van der Waals surface area contributed by atoms with E-state index in [2.05, 4.69) is 30.6 Å². The maximum Gasteiger partial charge on any atom is 0.246 e. The predicted molar refractivity (Wildman–Crippen MR) is 125 cm³/mol. The summed E-state index contributed by atoms with van der Waals surface area (Å²) < 4.78 is 20.4. The minimum atomic E-state index is -0.274. The van der Waals surface area contributed by atoms with Gasteiger partial charge < -0.3 is 10.1 Å². The van der Waals surface area contributed by atoms with E-state index in [1.807, 2.05) is 12.1 Å². The number of anilines is 2. The molecule has 4 rings (SSSR count). The first-order valence-corrected chi connectivity index (χ1v) is 11.2. The number of benzene rings is 2. The highest BCUT2D eigenvalue weighted by atomic mass is 35.5. The lowest BCUT2D eigenvalue weighted by molar-refractivity contribution is 0.412. The second kappa shape index (κ2) is 10.6. The standard InChI is InChI=1S/C22H22Cl2FN7O/c1-33-19-12-16(9-10-18(19)32-13-26-21(24)31-32)27-22-28-20(29-30-22)17(4-2-3-11-23)14-5-7-15(25)8-6-14/h5-10,12-13,17H,2-4,11H2,1H3,(H2,27,28,29,30). The smallest absolute Gasteiger partial charge is 0.246 e. The number of H-pyrrole nitrogens is 1. The molecular formula is C22H22Cl2FN7O. The zero-order valence-corrected chi connectivity index (χ0v) is 19.3. The molecule has 2 aromatic carbocycles. The van der Waals surface area contributed by atoms with Crippen molar-refractivity contribution in [1.82, 2.24) is 29.9 Å². The normalized spacial score (nSPS) is 12.0. The molecule has 0 aliphatic carbocycles. The molecule has 0 fully saturated rings. The number of ether oxygens (including phenoxy) is 1. The van der Waals surface area contributed by atoms with Crippen molar-refractivity contribution >= 4 is 34.8 Å². The van der Waals surface area contributed by atoms with Gasteiger partial charge in [0.1, 0.15) is 29.4 Å². The molecule has 2 heterocycles. The average molecular weight is 490 g/mol. The number of unbranched alkanes of at least 4 members (excludes halogenated alkanes) is 1. The lowest BCUT2D eigenvalue weighted by Crippen LogP contribution is -2.04. The summed E-state index contributed by atoms with van der Waals surface area (Å²) in [6, 6.07) is 11.9. The van der Waals surface area contributed by atoms with Gasteiger partial charge in [0.15, 0.2) is 0 Å². The molecule has 1 atom stereocenters. The maximum atomic E-state index is 13.4. The number of hydrogen-bond donors (Lipinski definition) is 2. The van der Waals surface area contributed by atoms with Gasteiger partial charge in [0, 0.05) is 23.6 Å². The molecule has 33 heavy (non-hydrogen) atoms. The van der Waals surface area contributed by atoms with Crippen LogP contribution in [0, 0.1) is 5.82 Å². The average Bonchev–Trinajstić information content (AvgIpc) is 3.46. The summed E-state index contributed by atoms with van der Waals surface area (Å²) in [7, 11) is 1.57. The summed E-state index contributed by atoms with van der Waals surface area (Å²) in [5.41, 5.74) is 2.38. The zero-order chi connectivity index (χ0) is 23.2. The van der Waals surface area contributed by atoms with E-state index in [9.17, 15) is 4.39 Å². The van der Waals surface area contributed by atoms with Gasteiger partial charge in [0.25, 0.3) is 0 Å². The van der Waals surface area contributed by atoms with E-state index < -0.39 is 0 Å². The Morgan fingerprint density at radius 3 is 2.70 bits per heavy atom. The Morgan fingerprint density at radius 1 is 1.18 bits per heavy atom. The molecule has 11 heteroatoms. The number of halogens is 3. The summed E-state index contributed by atoms with van der Waals surface area (Å²) >= 11 is 11.7. The Morgan fingerprint density at radius 2 is 2.00 bits per heavy atom. The Balaban J connectivity index is 1.54. The highest BCUT2D eigenvalue weighted by Gasteiger charge is 2.19. The molecule has 0 spiro atoms. The number of aromatic amines is 1. The molecule has 0 radical (unpaired) electrons. The van der Waals surface area contributed by atoms with Gasteiger partial charge in [-0.3, -0.25) is 5.10 Å². The van der Waals surface area contributed by atoms with Crippen molar-refractivity contribution in [1.29, 1.82) is 0 Å². The van der Waals surface area contributed by atoms with E-state index in [1.54, 1.807) is 25.3 Å². The highest BCUT2D eigenvalue weighted by molar-refractivity contribution is 6.28. The monoisotopic (exact) mass is 489 g/mol. The molecule has 0 saturated heterocycles. The number of nitrogens with zero attached hydrogens (tertiary/aromatic N) is 5. The summed E-state index contributed by atoms with van der Waals surface area (Å²) in [5, 5.41) is 14.8. The van der Waals surface area contributed by atoms with Crippen LogP contribution in [0.15, 0.2) is 48.8 Å². The summed E-state index contributed by atoms with van der Waals surface area (Å²) in [4.78, 5) is 8.56. The third-order valence-electron chi connectivity index (χ3n) is 5.13. The zero-order valence-electron chi connectivity index (χ0n) is 17.8. The van der Waals surface area contributed by atoms with Gasteiger partial charge in [-0.1, -0.05) is 18.6 Å². The van der Waals surface area contributed by atoms with Gasteiger partial charge in [-0.2, -0.15) is 4.98 Å². The van der Waals surface area contributed by atoms with Crippen molar-refractivity contribution in [2.45, 2.75) is 25.2 Å². The van der Waals surface area contributed by atoms with Gasteiger partial charge in [0.2, 0.25) is 11.2 Å². The van der Waals surface area contributed by atoms with Crippen LogP contribution >= 0.6 is 23.2 Å². The van der Waals surface area contributed by atoms with Crippen molar-refractivity contribution in [2.75, 3.05) is 18.3 Å². The van der Waals surface area contributed by atoms with Crippen LogP contribution < -0.4 is 10.1 Å². The van der Waals surface area contributed by atoms with Crippen LogP contribution in [0.5, 0.6) is 5.75 Å². The van der Waals surface area contributed by atoms with Crippen LogP contribution in [0.25, 0.3) is 5.69 Å². The molecule has 0 bridgehead atoms. The van der Waals surface area contributed by atoms with Crippen LogP contribution in [0.2, 0.25) is 5.28 Å². The fraction of sp³-hybridized carbons (Fsp3) is 0.273. The summed E-state index contributed by atoms with van der Waals surface area (Å²) in [5.74, 6) is 1.95. The molecule has 172 valence electrons. The van der Waals surface area contributed by atoms with Gasteiger partial charge in [-0.25, -0.2) is 14.1 Å². The lowest BCUT2D eigenvalue weighted by Gasteiger charge is -2.14. The van der Waals surface area contributed by atoms with E-state index in [-0.39, 0.29) is 17.0 Å². The van der Waals surface area contributed by atoms with Crippen LogP contribution in [0.4, 0.5) is 16.0 Å². The van der Waals surface area contributed by atoms with E-state index in [0.29, 0.717) is 29.1 Å². The second-order valence-corrected chi connectivity index (χ2v) is 8.02. The number of nitrogens with one attached hydrogen (secondary N) is 2. The van der Waals surface area contributed by atoms with E-state index >= 15 is 0 Å². The third kappa shape index (κ3) is 5.61. The fourth-order valence-corrected chi connectivity index (χ4v) is 3.83. The topological polar surface area (TPSA) is 93.5 Å². The van der Waals surface area contributed by atoms with Crippen molar-refractivity contribution in [3.8, 4) is 11.4 Å². The largest absolute Gasteiger partial charge is 0.494 e. The molecule has 4 aromatic rings. The first-order valence-electron chi connectivity index (χ1n) is 10.3. The van der Waals surface area contributed by atoms with Crippen molar-refractivity contribution in [3.63, 3.8) is 0 Å². The first-order chi connectivity index (χ1) is 16.1. The lowest BCUT2D eigenvalue weighted by atomic mass is 9.93. The van der Waals surface area contributed by atoms with E-state index in [0.717, 1.165) is 30.5 Å². The predicted octanol–water partition coefficient (Wildman–Crippen LogP) is 5.47. The molecular weight excluding hydrogens is 468 g/mol. The molecule has 0 amide bonds. The van der Waals surface area contributed by atoms with Crippen molar-refractivity contribution in [2.24, 2.45) is 0 Å². The van der Waals surface area contributed by atoms with Gasteiger partial charge in [0.05, 0.1) is 7.11 Å². The quantitative estimate of drug-likeness (QED) is 0.226. The van der Waals surface area contributed by atoms with E-state index in [1.165, 1.54) is 23.1 Å². The third-order valence-corrected chi connectivity index (χ3v) is 5.57. The van der Waals surface area contributed by atoms with Gasteiger partial charge in [-0.05, 0) is 54.3 Å². The Labute approximate surface area is 200 Å². The number of aromatic nitrogens is 6. The molecule has 2 N–H and O–H groups in total. The number of alkyl halides is 1. The number of hydrogen-bond acceptors (Lipinski definition) is 6. The summed E-state index contributed by atoms with van der Waals surface area (Å²) in [6.45, 7) is 0. The van der Waals surface area contributed by atoms with Crippen molar-refractivity contribution < 1.29 is 9.13 Å².